The van der Waals surface area contributed by atoms with Crippen molar-refractivity contribution in [3.63, 3.8) is 0 Å². The molecular weight excluding hydrogens is 320 g/mol. The van der Waals surface area contributed by atoms with E-state index in [4.69, 9.17) is 10.5 Å². The van der Waals surface area contributed by atoms with E-state index in [0.29, 0.717) is 19.7 Å². The molecule has 0 atom stereocenters. The van der Waals surface area contributed by atoms with Gasteiger partial charge in [-0.3, -0.25) is 4.79 Å². The van der Waals surface area contributed by atoms with Crippen LogP contribution in [0.25, 0.3) is 0 Å². The summed E-state index contributed by atoms with van der Waals surface area (Å²) in [7, 11) is 0. The Bertz CT molecular complexity index is 625. The zero-order chi connectivity index (χ0) is 14.4. The Kier molecular flexibility index (Phi) is 5.38. The van der Waals surface area contributed by atoms with Crippen molar-refractivity contribution in [1.29, 1.82) is 0 Å². The molecule has 0 radical (unpaired) electrons. The van der Waals surface area contributed by atoms with Crippen molar-refractivity contribution in [2.24, 2.45) is 5.73 Å². The maximum absolute atomic E-state index is 11.5. The second-order valence-electron chi connectivity index (χ2n) is 4.37. The molecule has 1 aromatic carbocycles. The van der Waals surface area contributed by atoms with Crippen LogP contribution in [-0.2, 0) is 13.0 Å². The fourth-order valence-electron chi connectivity index (χ4n) is 1.90. The van der Waals surface area contributed by atoms with Crippen LogP contribution < -0.4 is 16.0 Å². The molecule has 2 aromatic rings. The maximum atomic E-state index is 11.5. The number of nitrogens with zero attached hydrogens (tertiary/aromatic N) is 1. The van der Waals surface area contributed by atoms with Crippen molar-refractivity contribution < 1.29 is 4.74 Å². The van der Waals surface area contributed by atoms with E-state index in [2.05, 4.69) is 15.9 Å². The molecule has 106 valence electrons. The third-order valence-electron chi connectivity index (χ3n) is 2.93. The molecule has 5 heteroatoms. The van der Waals surface area contributed by atoms with E-state index in [1.807, 2.05) is 24.3 Å². The molecule has 0 unspecified atom stereocenters. The molecule has 0 aliphatic carbocycles. The second kappa shape index (κ2) is 7.26. The number of rotatable bonds is 6. The van der Waals surface area contributed by atoms with Gasteiger partial charge in [0.1, 0.15) is 12.4 Å². The number of halogens is 1. The summed E-state index contributed by atoms with van der Waals surface area (Å²) in [5.41, 5.74) is 6.68. The van der Waals surface area contributed by atoms with Gasteiger partial charge in [-0.2, -0.15) is 0 Å². The average molecular weight is 337 g/mol. The summed E-state index contributed by atoms with van der Waals surface area (Å²) < 4.78 is 8.35. The maximum Gasteiger partial charge on any atom is 0.250 e. The van der Waals surface area contributed by atoms with Crippen LogP contribution in [0.15, 0.2) is 51.9 Å². The van der Waals surface area contributed by atoms with Gasteiger partial charge in [0.15, 0.2) is 0 Å². The van der Waals surface area contributed by atoms with E-state index in [1.54, 1.807) is 22.9 Å². The van der Waals surface area contributed by atoms with Crippen molar-refractivity contribution in [2.75, 3.05) is 13.2 Å². The summed E-state index contributed by atoms with van der Waals surface area (Å²) in [4.78, 5) is 11.5. The minimum atomic E-state index is -0.0178. The molecule has 0 aliphatic rings. The van der Waals surface area contributed by atoms with E-state index < -0.39 is 0 Å². The highest BCUT2D eigenvalue weighted by Gasteiger charge is 2.02. The average Bonchev–Trinajstić information content (AvgIpc) is 2.45. The lowest BCUT2D eigenvalue weighted by Gasteiger charge is -2.10. The van der Waals surface area contributed by atoms with Crippen molar-refractivity contribution in [3.8, 4) is 5.75 Å². The highest BCUT2D eigenvalue weighted by atomic mass is 79.9. The molecule has 2 N–H and O–H groups in total. The van der Waals surface area contributed by atoms with Gasteiger partial charge in [-0.15, -0.1) is 0 Å². The van der Waals surface area contributed by atoms with Crippen LogP contribution >= 0.6 is 15.9 Å². The van der Waals surface area contributed by atoms with Gasteiger partial charge in [-0.1, -0.05) is 22.0 Å². The van der Waals surface area contributed by atoms with Crippen LogP contribution in [0.2, 0.25) is 0 Å². The Balaban J connectivity index is 1.96. The molecule has 0 spiro atoms. The molecule has 0 saturated carbocycles. The van der Waals surface area contributed by atoms with Gasteiger partial charge in [0.2, 0.25) is 0 Å². The number of benzene rings is 1. The molecule has 0 bridgehead atoms. The summed E-state index contributed by atoms with van der Waals surface area (Å²) in [6, 6.07) is 10.9. The fraction of sp³-hybridized carbons (Fsp3) is 0.267. The monoisotopic (exact) mass is 336 g/mol. The van der Waals surface area contributed by atoms with Gasteiger partial charge in [0, 0.05) is 16.7 Å². The zero-order valence-electron chi connectivity index (χ0n) is 11.1. The van der Waals surface area contributed by atoms with Crippen LogP contribution in [0.5, 0.6) is 5.75 Å². The largest absolute Gasteiger partial charge is 0.492 e. The van der Waals surface area contributed by atoms with Gasteiger partial charge >= 0.3 is 0 Å². The lowest BCUT2D eigenvalue weighted by Crippen LogP contribution is -2.21. The topological polar surface area (TPSA) is 57.2 Å². The van der Waals surface area contributed by atoms with E-state index in [-0.39, 0.29) is 5.56 Å². The van der Waals surface area contributed by atoms with Crippen LogP contribution in [0, 0.1) is 0 Å². The molecule has 0 amide bonds. The lowest BCUT2D eigenvalue weighted by atomic mass is 10.1. The number of hydrogen-bond donors (Lipinski definition) is 1. The number of nitrogens with two attached hydrogens (primary N) is 1. The predicted molar refractivity (Wildman–Crippen MR) is 83.1 cm³/mol. The summed E-state index contributed by atoms with van der Waals surface area (Å²) in [5.74, 6) is 0.792. The second-order valence-corrected chi connectivity index (χ2v) is 5.23. The Morgan fingerprint density at radius 2 is 2.10 bits per heavy atom. The predicted octanol–water partition coefficient (Wildman–Crippen LogP) is 2.19. The van der Waals surface area contributed by atoms with Gasteiger partial charge < -0.3 is 15.0 Å². The van der Waals surface area contributed by atoms with E-state index in [0.717, 1.165) is 22.2 Å². The summed E-state index contributed by atoms with van der Waals surface area (Å²) in [6.45, 7) is 1.58. The standard InChI is InChI=1S/C15H17BrN2O2/c16-14-5-4-13(11-12(14)6-7-17)20-10-9-18-8-2-1-3-15(18)19/h1-5,8,11H,6-7,9-10,17H2. The minimum Gasteiger partial charge on any atom is -0.492 e. The summed E-state index contributed by atoms with van der Waals surface area (Å²) in [6.07, 6.45) is 2.56. The minimum absolute atomic E-state index is 0.0178. The summed E-state index contributed by atoms with van der Waals surface area (Å²) in [5, 5.41) is 0. The molecule has 20 heavy (non-hydrogen) atoms. The normalized spacial score (nSPS) is 10.5. The summed E-state index contributed by atoms with van der Waals surface area (Å²) >= 11 is 3.49. The van der Waals surface area contributed by atoms with Crippen LogP contribution in [0.4, 0.5) is 0 Å². The fourth-order valence-corrected chi connectivity index (χ4v) is 2.34. The number of ether oxygens (including phenoxy) is 1. The molecule has 0 saturated heterocycles. The number of pyridine rings is 1. The SMILES string of the molecule is NCCc1cc(OCCn2ccccc2=O)ccc1Br. The van der Waals surface area contributed by atoms with Crippen LogP contribution in [-0.4, -0.2) is 17.7 Å². The Morgan fingerprint density at radius 1 is 1.25 bits per heavy atom. The first kappa shape index (κ1) is 14.8. The number of aromatic nitrogens is 1. The van der Waals surface area contributed by atoms with E-state index in [1.165, 1.54) is 0 Å². The van der Waals surface area contributed by atoms with E-state index >= 15 is 0 Å². The van der Waals surface area contributed by atoms with Gasteiger partial charge in [0.25, 0.3) is 5.56 Å². The first-order valence-electron chi connectivity index (χ1n) is 6.47. The van der Waals surface area contributed by atoms with E-state index in [9.17, 15) is 4.79 Å². The first-order valence-corrected chi connectivity index (χ1v) is 7.27. The molecule has 0 fully saturated rings. The van der Waals surface area contributed by atoms with Crippen LogP contribution in [0.1, 0.15) is 5.56 Å². The van der Waals surface area contributed by atoms with Crippen molar-refractivity contribution >= 4 is 15.9 Å². The zero-order valence-corrected chi connectivity index (χ0v) is 12.7. The smallest absolute Gasteiger partial charge is 0.250 e. The Hall–Kier alpha value is -1.59. The molecule has 1 heterocycles. The molecular formula is C15H17BrN2O2. The quantitative estimate of drug-likeness (QED) is 0.879. The molecule has 0 aliphatic heterocycles. The Labute approximate surface area is 126 Å². The molecule has 1 aromatic heterocycles. The molecule has 2 rings (SSSR count). The van der Waals surface area contributed by atoms with Crippen molar-refractivity contribution in [1.82, 2.24) is 4.57 Å². The highest BCUT2D eigenvalue weighted by molar-refractivity contribution is 9.10. The van der Waals surface area contributed by atoms with Crippen molar-refractivity contribution in [2.45, 2.75) is 13.0 Å². The lowest BCUT2D eigenvalue weighted by molar-refractivity contribution is 0.296. The third-order valence-corrected chi connectivity index (χ3v) is 3.70. The number of hydrogen-bond acceptors (Lipinski definition) is 3. The Morgan fingerprint density at radius 3 is 2.85 bits per heavy atom. The van der Waals surface area contributed by atoms with Crippen molar-refractivity contribution in [3.05, 3.63) is 63.0 Å². The van der Waals surface area contributed by atoms with Gasteiger partial charge in [-0.05, 0) is 42.8 Å². The first-order chi connectivity index (χ1) is 9.70. The van der Waals surface area contributed by atoms with Crippen LogP contribution in [0.3, 0.4) is 0 Å². The van der Waals surface area contributed by atoms with Gasteiger partial charge in [-0.25, -0.2) is 0 Å². The third kappa shape index (κ3) is 3.95. The molecule has 4 nitrogen and oxygen atoms in total. The van der Waals surface area contributed by atoms with Gasteiger partial charge in [0.05, 0.1) is 6.54 Å². The highest BCUT2D eigenvalue weighted by Crippen LogP contribution is 2.22.